The van der Waals surface area contributed by atoms with Gasteiger partial charge in [0, 0.05) is 11.1 Å². The number of benzene rings is 3. The molecule has 0 saturated carbocycles. The third-order valence-corrected chi connectivity index (χ3v) is 4.50. The molecule has 0 aliphatic rings. The van der Waals surface area contributed by atoms with E-state index < -0.39 is 0 Å². The Labute approximate surface area is 152 Å². The van der Waals surface area contributed by atoms with Gasteiger partial charge in [-0.1, -0.05) is 42.5 Å². The Hall–Kier alpha value is -3.27. The molecule has 0 unspecified atom stereocenters. The van der Waals surface area contributed by atoms with E-state index >= 15 is 0 Å². The molecule has 4 heteroatoms. The fourth-order valence-electron chi connectivity index (χ4n) is 3.22. The smallest absolute Gasteiger partial charge is 0.141 e. The molecule has 3 aromatic carbocycles. The molecule has 0 N–H and O–H groups in total. The maximum absolute atomic E-state index is 5.53. The van der Waals surface area contributed by atoms with Gasteiger partial charge in [0.1, 0.15) is 17.3 Å². The molecule has 4 nitrogen and oxygen atoms in total. The van der Waals surface area contributed by atoms with Gasteiger partial charge in [-0.05, 0) is 30.3 Å². The van der Waals surface area contributed by atoms with Crippen LogP contribution in [0.5, 0.6) is 11.5 Å². The minimum absolute atomic E-state index is 0.678. The van der Waals surface area contributed by atoms with Gasteiger partial charge in [0.25, 0.3) is 0 Å². The van der Waals surface area contributed by atoms with E-state index in [0.29, 0.717) is 6.54 Å². The van der Waals surface area contributed by atoms with Crippen LogP contribution in [-0.4, -0.2) is 23.8 Å². The second-order valence-electron chi connectivity index (χ2n) is 6.05. The van der Waals surface area contributed by atoms with Gasteiger partial charge in [0.15, 0.2) is 0 Å². The van der Waals surface area contributed by atoms with Crippen molar-refractivity contribution in [3.63, 3.8) is 0 Å². The fraction of sp³-hybridized carbons (Fsp3) is 0.136. The van der Waals surface area contributed by atoms with Crippen LogP contribution in [0.15, 0.2) is 72.8 Å². The zero-order valence-corrected chi connectivity index (χ0v) is 14.8. The van der Waals surface area contributed by atoms with Crippen molar-refractivity contribution in [3.05, 3.63) is 78.4 Å². The van der Waals surface area contributed by atoms with Crippen molar-refractivity contribution in [1.29, 1.82) is 0 Å². The normalized spacial score (nSPS) is 10.8. The van der Waals surface area contributed by atoms with Crippen LogP contribution < -0.4 is 9.47 Å². The number of fused-ring (bicyclic) bond motifs is 1. The predicted molar refractivity (Wildman–Crippen MR) is 104 cm³/mol. The lowest BCUT2D eigenvalue weighted by atomic mass is 10.1. The monoisotopic (exact) mass is 344 g/mol. The van der Waals surface area contributed by atoms with Crippen molar-refractivity contribution >= 4 is 11.0 Å². The van der Waals surface area contributed by atoms with Gasteiger partial charge in [-0.2, -0.15) is 0 Å². The standard InChI is InChI=1S/C22H20N2O2/c1-25-18-10-7-9-16(14-18)22-23-19-11-4-5-12-20(19)24(22)15-17-8-3-6-13-21(17)26-2/h3-14H,15H2,1-2H3. The topological polar surface area (TPSA) is 36.3 Å². The number of methoxy groups -OCH3 is 2. The minimum Gasteiger partial charge on any atom is -0.497 e. The number of rotatable bonds is 5. The maximum Gasteiger partial charge on any atom is 0.141 e. The number of para-hydroxylation sites is 3. The first kappa shape index (κ1) is 16.2. The molecule has 0 bridgehead atoms. The van der Waals surface area contributed by atoms with Crippen molar-refractivity contribution < 1.29 is 9.47 Å². The summed E-state index contributed by atoms with van der Waals surface area (Å²) in [4.78, 5) is 4.88. The van der Waals surface area contributed by atoms with Crippen LogP contribution >= 0.6 is 0 Å². The first-order valence-corrected chi connectivity index (χ1v) is 8.52. The highest BCUT2D eigenvalue weighted by molar-refractivity contribution is 5.81. The number of aromatic nitrogens is 2. The molecule has 26 heavy (non-hydrogen) atoms. The lowest BCUT2D eigenvalue weighted by molar-refractivity contribution is 0.408. The van der Waals surface area contributed by atoms with Crippen LogP contribution in [0.4, 0.5) is 0 Å². The SMILES string of the molecule is COc1cccc(-c2nc3ccccc3n2Cc2ccccc2OC)c1. The van der Waals surface area contributed by atoms with Crippen molar-refractivity contribution in [2.75, 3.05) is 14.2 Å². The molecule has 130 valence electrons. The number of hydrogen-bond acceptors (Lipinski definition) is 3. The molecular weight excluding hydrogens is 324 g/mol. The first-order valence-electron chi connectivity index (χ1n) is 8.52. The number of ether oxygens (including phenoxy) is 2. The van der Waals surface area contributed by atoms with Gasteiger partial charge in [-0.25, -0.2) is 4.98 Å². The summed E-state index contributed by atoms with van der Waals surface area (Å²) in [6.45, 7) is 0.678. The molecule has 4 rings (SSSR count). The molecule has 0 amide bonds. The molecule has 0 spiro atoms. The van der Waals surface area contributed by atoms with E-state index in [9.17, 15) is 0 Å². The average Bonchev–Trinajstić information content (AvgIpc) is 3.07. The Balaban J connectivity index is 1.89. The summed E-state index contributed by atoms with van der Waals surface area (Å²) < 4.78 is 13.1. The summed E-state index contributed by atoms with van der Waals surface area (Å²) in [5, 5.41) is 0. The van der Waals surface area contributed by atoms with E-state index in [0.717, 1.165) is 39.5 Å². The highest BCUT2D eigenvalue weighted by atomic mass is 16.5. The van der Waals surface area contributed by atoms with Crippen LogP contribution in [-0.2, 0) is 6.54 Å². The summed E-state index contributed by atoms with van der Waals surface area (Å²) in [6, 6.07) is 24.3. The lowest BCUT2D eigenvalue weighted by Crippen LogP contribution is -2.04. The number of hydrogen-bond donors (Lipinski definition) is 0. The van der Waals surface area contributed by atoms with E-state index in [1.165, 1.54) is 0 Å². The summed E-state index contributed by atoms with van der Waals surface area (Å²) in [5.74, 6) is 2.61. The Kier molecular flexibility index (Phi) is 4.32. The highest BCUT2D eigenvalue weighted by Gasteiger charge is 2.14. The Morgan fingerprint density at radius 1 is 0.846 bits per heavy atom. The molecular formula is C22H20N2O2. The summed E-state index contributed by atoms with van der Waals surface area (Å²) in [7, 11) is 3.38. The fourth-order valence-corrected chi connectivity index (χ4v) is 3.22. The molecule has 4 aromatic rings. The van der Waals surface area contributed by atoms with E-state index in [4.69, 9.17) is 14.5 Å². The van der Waals surface area contributed by atoms with Gasteiger partial charge in [-0.3, -0.25) is 0 Å². The van der Waals surface area contributed by atoms with Crippen LogP contribution in [0.25, 0.3) is 22.4 Å². The van der Waals surface area contributed by atoms with Crippen molar-refractivity contribution in [2.24, 2.45) is 0 Å². The van der Waals surface area contributed by atoms with Gasteiger partial charge < -0.3 is 14.0 Å². The molecule has 1 aromatic heterocycles. The van der Waals surface area contributed by atoms with Crippen LogP contribution in [0.2, 0.25) is 0 Å². The quantitative estimate of drug-likeness (QED) is 0.523. The third-order valence-electron chi connectivity index (χ3n) is 4.50. The Morgan fingerprint density at radius 3 is 2.50 bits per heavy atom. The van der Waals surface area contributed by atoms with Crippen molar-refractivity contribution in [1.82, 2.24) is 9.55 Å². The molecule has 0 radical (unpaired) electrons. The summed E-state index contributed by atoms with van der Waals surface area (Å²) in [6.07, 6.45) is 0. The van der Waals surface area contributed by atoms with Crippen molar-refractivity contribution in [3.8, 4) is 22.9 Å². The van der Waals surface area contributed by atoms with E-state index in [-0.39, 0.29) is 0 Å². The molecule has 0 aliphatic carbocycles. The first-order chi connectivity index (χ1) is 12.8. The largest absolute Gasteiger partial charge is 0.497 e. The summed E-state index contributed by atoms with van der Waals surface area (Å²) in [5.41, 5.74) is 4.20. The van der Waals surface area contributed by atoms with Crippen LogP contribution in [0.3, 0.4) is 0 Å². The lowest BCUT2D eigenvalue weighted by Gasteiger charge is -2.13. The minimum atomic E-state index is 0.678. The van der Waals surface area contributed by atoms with Crippen LogP contribution in [0.1, 0.15) is 5.56 Å². The van der Waals surface area contributed by atoms with Gasteiger partial charge in [0.2, 0.25) is 0 Å². The Morgan fingerprint density at radius 2 is 1.65 bits per heavy atom. The highest BCUT2D eigenvalue weighted by Crippen LogP contribution is 2.29. The van der Waals surface area contributed by atoms with E-state index in [2.05, 4.69) is 22.8 Å². The molecule has 0 fully saturated rings. The predicted octanol–water partition coefficient (Wildman–Crippen LogP) is 4.77. The second kappa shape index (κ2) is 6.92. The molecule has 0 aliphatic heterocycles. The summed E-state index contributed by atoms with van der Waals surface area (Å²) >= 11 is 0. The zero-order valence-electron chi connectivity index (χ0n) is 14.8. The second-order valence-corrected chi connectivity index (χ2v) is 6.05. The molecule has 0 saturated heterocycles. The van der Waals surface area contributed by atoms with E-state index in [1.807, 2.05) is 54.6 Å². The maximum atomic E-state index is 5.53. The van der Waals surface area contributed by atoms with Crippen molar-refractivity contribution in [2.45, 2.75) is 6.54 Å². The number of nitrogens with zero attached hydrogens (tertiary/aromatic N) is 2. The number of imidazole rings is 1. The van der Waals surface area contributed by atoms with Crippen LogP contribution in [0, 0.1) is 0 Å². The van der Waals surface area contributed by atoms with Gasteiger partial charge in [0.05, 0.1) is 31.8 Å². The van der Waals surface area contributed by atoms with E-state index in [1.54, 1.807) is 14.2 Å². The average molecular weight is 344 g/mol. The molecule has 1 heterocycles. The van der Waals surface area contributed by atoms with Gasteiger partial charge in [-0.15, -0.1) is 0 Å². The Bertz CT molecular complexity index is 1050. The third kappa shape index (κ3) is 2.90. The zero-order chi connectivity index (χ0) is 17.9. The molecule has 0 atom stereocenters. The van der Waals surface area contributed by atoms with Gasteiger partial charge >= 0.3 is 0 Å².